The van der Waals surface area contributed by atoms with E-state index < -0.39 is 9.84 Å². The molecule has 2 unspecified atom stereocenters. The van der Waals surface area contributed by atoms with E-state index in [0.717, 1.165) is 25.9 Å². The molecule has 0 amide bonds. The summed E-state index contributed by atoms with van der Waals surface area (Å²) in [5.41, 5.74) is 1.24. The molecule has 0 radical (unpaired) electrons. The van der Waals surface area contributed by atoms with Crippen molar-refractivity contribution in [2.75, 3.05) is 31.6 Å². The van der Waals surface area contributed by atoms with E-state index in [2.05, 4.69) is 36.3 Å². The predicted molar refractivity (Wildman–Crippen MR) is 87.2 cm³/mol. The van der Waals surface area contributed by atoms with Crippen LogP contribution in [0.15, 0.2) is 30.3 Å². The van der Waals surface area contributed by atoms with Crippen molar-refractivity contribution in [2.45, 2.75) is 31.8 Å². The molecule has 0 aromatic heterocycles. The first kappa shape index (κ1) is 16.5. The fourth-order valence-electron chi connectivity index (χ4n) is 2.94. The SMILES string of the molecule is CCCNCC(c1ccccc1)N(C)C1CCS(=O)(=O)C1. The Morgan fingerprint density at radius 1 is 1.33 bits per heavy atom. The van der Waals surface area contributed by atoms with Crippen molar-refractivity contribution in [3.05, 3.63) is 35.9 Å². The van der Waals surface area contributed by atoms with Gasteiger partial charge in [0.1, 0.15) is 0 Å². The predicted octanol–water partition coefficient (Wildman–Crippen LogP) is 1.85. The van der Waals surface area contributed by atoms with Gasteiger partial charge in [0.05, 0.1) is 11.5 Å². The van der Waals surface area contributed by atoms with E-state index in [9.17, 15) is 8.42 Å². The Bertz CT molecular complexity index is 530. The lowest BCUT2D eigenvalue weighted by Crippen LogP contribution is -2.40. The second-order valence-electron chi connectivity index (χ2n) is 5.85. The number of sulfone groups is 1. The quantitative estimate of drug-likeness (QED) is 0.781. The van der Waals surface area contributed by atoms with Crippen molar-refractivity contribution in [3.8, 4) is 0 Å². The van der Waals surface area contributed by atoms with Gasteiger partial charge >= 0.3 is 0 Å². The summed E-state index contributed by atoms with van der Waals surface area (Å²) in [7, 11) is -0.791. The first-order chi connectivity index (χ1) is 10.0. The van der Waals surface area contributed by atoms with Gasteiger partial charge in [0, 0.05) is 18.6 Å². The number of nitrogens with one attached hydrogen (secondary N) is 1. The van der Waals surface area contributed by atoms with Gasteiger partial charge in [0.2, 0.25) is 0 Å². The number of rotatable bonds is 7. The number of hydrogen-bond acceptors (Lipinski definition) is 4. The summed E-state index contributed by atoms with van der Waals surface area (Å²) in [6.45, 7) is 3.99. The summed E-state index contributed by atoms with van der Waals surface area (Å²) >= 11 is 0. The Morgan fingerprint density at radius 2 is 2.05 bits per heavy atom. The average Bonchev–Trinajstić information content (AvgIpc) is 2.84. The lowest BCUT2D eigenvalue weighted by molar-refractivity contribution is 0.184. The molecule has 0 saturated carbocycles. The fourth-order valence-corrected chi connectivity index (χ4v) is 4.72. The summed E-state index contributed by atoms with van der Waals surface area (Å²) < 4.78 is 23.4. The van der Waals surface area contributed by atoms with Crippen molar-refractivity contribution >= 4 is 9.84 Å². The third-order valence-corrected chi connectivity index (χ3v) is 5.98. The van der Waals surface area contributed by atoms with Gasteiger partial charge in [-0.15, -0.1) is 0 Å². The third kappa shape index (κ3) is 4.53. The minimum atomic E-state index is -2.84. The Hall–Kier alpha value is -0.910. The molecule has 5 heteroatoms. The number of nitrogens with zero attached hydrogens (tertiary/aromatic N) is 1. The minimum Gasteiger partial charge on any atom is -0.315 e. The molecule has 1 N–H and O–H groups in total. The van der Waals surface area contributed by atoms with Gasteiger partial charge in [-0.25, -0.2) is 8.42 Å². The van der Waals surface area contributed by atoms with Gasteiger partial charge in [-0.2, -0.15) is 0 Å². The van der Waals surface area contributed by atoms with Crippen molar-refractivity contribution in [1.29, 1.82) is 0 Å². The Labute approximate surface area is 128 Å². The van der Waals surface area contributed by atoms with Crippen LogP contribution in [-0.2, 0) is 9.84 Å². The molecule has 1 saturated heterocycles. The number of hydrogen-bond donors (Lipinski definition) is 1. The van der Waals surface area contributed by atoms with Crippen LogP contribution in [0.4, 0.5) is 0 Å². The monoisotopic (exact) mass is 310 g/mol. The first-order valence-corrected chi connectivity index (χ1v) is 9.53. The summed E-state index contributed by atoms with van der Waals surface area (Å²) in [4.78, 5) is 2.24. The molecule has 0 spiro atoms. The largest absolute Gasteiger partial charge is 0.315 e. The van der Waals surface area contributed by atoms with Crippen LogP contribution in [0.1, 0.15) is 31.4 Å². The molecule has 21 heavy (non-hydrogen) atoms. The Kier molecular flexibility index (Phi) is 5.79. The molecule has 4 nitrogen and oxygen atoms in total. The molecule has 2 rings (SSSR count). The summed E-state index contributed by atoms with van der Waals surface area (Å²) in [6, 6.07) is 10.7. The van der Waals surface area contributed by atoms with Crippen LogP contribution in [0.5, 0.6) is 0 Å². The first-order valence-electron chi connectivity index (χ1n) is 7.71. The lowest BCUT2D eigenvalue weighted by atomic mass is 10.0. The average molecular weight is 310 g/mol. The maximum atomic E-state index is 11.7. The van der Waals surface area contributed by atoms with Crippen LogP contribution < -0.4 is 5.32 Å². The number of benzene rings is 1. The maximum Gasteiger partial charge on any atom is 0.151 e. The minimum absolute atomic E-state index is 0.128. The van der Waals surface area contributed by atoms with E-state index in [1.807, 2.05) is 18.2 Å². The zero-order chi connectivity index (χ0) is 15.3. The second-order valence-corrected chi connectivity index (χ2v) is 8.08. The van der Waals surface area contributed by atoms with E-state index in [1.165, 1.54) is 5.56 Å². The molecule has 0 aliphatic carbocycles. The molecule has 1 aromatic rings. The fraction of sp³-hybridized carbons (Fsp3) is 0.625. The highest BCUT2D eigenvalue weighted by Gasteiger charge is 2.33. The highest BCUT2D eigenvalue weighted by Crippen LogP contribution is 2.26. The highest BCUT2D eigenvalue weighted by atomic mass is 32.2. The van der Waals surface area contributed by atoms with Crippen LogP contribution >= 0.6 is 0 Å². The molecule has 1 aliphatic rings. The van der Waals surface area contributed by atoms with E-state index in [0.29, 0.717) is 11.5 Å². The van der Waals surface area contributed by atoms with E-state index in [4.69, 9.17) is 0 Å². The molecule has 1 aromatic carbocycles. The lowest BCUT2D eigenvalue weighted by Gasteiger charge is -2.33. The van der Waals surface area contributed by atoms with Crippen molar-refractivity contribution in [2.24, 2.45) is 0 Å². The highest BCUT2D eigenvalue weighted by molar-refractivity contribution is 7.91. The summed E-state index contributed by atoms with van der Waals surface area (Å²) in [5, 5.41) is 3.47. The smallest absolute Gasteiger partial charge is 0.151 e. The topological polar surface area (TPSA) is 49.4 Å². The van der Waals surface area contributed by atoms with Gasteiger partial charge < -0.3 is 5.32 Å². The molecule has 1 fully saturated rings. The molecule has 1 heterocycles. The van der Waals surface area contributed by atoms with Gasteiger partial charge in [-0.1, -0.05) is 37.3 Å². The molecule has 2 atom stereocenters. The zero-order valence-corrected chi connectivity index (χ0v) is 13.8. The van der Waals surface area contributed by atoms with Gasteiger partial charge in [0.25, 0.3) is 0 Å². The van der Waals surface area contributed by atoms with Crippen molar-refractivity contribution < 1.29 is 8.42 Å². The van der Waals surface area contributed by atoms with Crippen LogP contribution in [0.2, 0.25) is 0 Å². The van der Waals surface area contributed by atoms with E-state index >= 15 is 0 Å². The van der Waals surface area contributed by atoms with E-state index in [1.54, 1.807) is 0 Å². The standard InChI is InChI=1S/C16H26N2O2S/c1-3-10-17-12-16(14-7-5-4-6-8-14)18(2)15-9-11-21(19,20)13-15/h4-8,15-17H,3,9-13H2,1-2H3. The van der Waals surface area contributed by atoms with Crippen LogP contribution in [-0.4, -0.2) is 51.0 Å². The molecule has 0 bridgehead atoms. The Balaban J connectivity index is 2.11. The van der Waals surface area contributed by atoms with Crippen LogP contribution in [0.3, 0.4) is 0 Å². The zero-order valence-electron chi connectivity index (χ0n) is 13.0. The molecule has 118 valence electrons. The molecular weight excluding hydrogens is 284 g/mol. The summed E-state index contributed by atoms with van der Waals surface area (Å²) in [6.07, 6.45) is 1.85. The van der Waals surface area contributed by atoms with Crippen molar-refractivity contribution in [3.63, 3.8) is 0 Å². The second kappa shape index (κ2) is 7.38. The third-order valence-electron chi connectivity index (χ3n) is 4.22. The summed E-state index contributed by atoms with van der Waals surface area (Å²) in [5.74, 6) is 0.618. The molecular formula is C16H26N2O2S. The van der Waals surface area contributed by atoms with Crippen LogP contribution in [0, 0.1) is 0 Å². The van der Waals surface area contributed by atoms with Gasteiger partial charge in [0.15, 0.2) is 9.84 Å². The maximum absolute atomic E-state index is 11.7. The van der Waals surface area contributed by atoms with Crippen LogP contribution in [0.25, 0.3) is 0 Å². The van der Waals surface area contributed by atoms with Gasteiger partial charge in [-0.3, -0.25) is 4.90 Å². The molecule has 1 aliphatic heterocycles. The van der Waals surface area contributed by atoms with Gasteiger partial charge in [-0.05, 0) is 32.0 Å². The van der Waals surface area contributed by atoms with Crippen molar-refractivity contribution in [1.82, 2.24) is 10.2 Å². The Morgan fingerprint density at radius 3 is 2.62 bits per heavy atom. The number of likely N-dealkylation sites (N-methyl/N-ethyl adjacent to an activating group) is 1. The van der Waals surface area contributed by atoms with E-state index in [-0.39, 0.29) is 12.1 Å². The normalized spacial score (nSPS) is 22.5.